The monoisotopic (exact) mass is 372 g/mol. The van der Waals surface area contributed by atoms with Gasteiger partial charge in [-0.05, 0) is 30.7 Å². The molecular weight excluding hydrogens is 355 g/mol. The summed E-state index contributed by atoms with van der Waals surface area (Å²) in [6, 6.07) is 14.0. The van der Waals surface area contributed by atoms with Crippen LogP contribution >= 0.6 is 23.2 Å². The lowest BCUT2D eigenvalue weighted by Gasteiger charge is -2.12. The number of benzene rings is 2. The number of anilines is 2. The summed E-state index contributed by atoms with van der Waals surface area (Å²) >= 11 is 12.6. The lowest BCUT2D eigenvalue weighted by atomic mass is 10.1. The SMILES string of the molecule is CN(C)c1ccc(-c2nn(-c3cccc(Cl)c3Cl)c3c2CCN3)cc1. The minimum Gasteiger partial charge on any atom is -0.378 e. The Labute approximate surface area is 157 Å². The van der Waals surface area contributed by atoms with Crippen LogP contribution in [-0.4, -0.2) is 30.4 Å². The summed E-state index contributed by atoms with van der Waals surface area (Å²) in [6.07, 6.45) is 0.943. The quantitative estimate of drug-likeness (QED) is 0.710. The Hall–Kier alpha value is -2.17. The van der Waals surface area contributed by atoms with Gasteiger partial charge in [-0.15, -0.1) is 0 Å². The number of fused-ring (bicyclic) bond motifs is 1. The fourth-order valence-corrected chi connectivity index (χ4v) is 3.53. The van der Waals surface area contributed by atoms with Crippen LogP contribution in [0.15, 0.2) is 42.5 Å². The lowest BCUT2D eigenvalue weighted by Crippen LogP contribution is -2.08. The molecule has 0 saturated carbocycles. The molecule has 0 bridgehead atoms. The van der Waals surface area contributed by atoms with Crippen molar-refractivity contribution >= 4 is 34.7 Å². The lowest BCUT2D eigenvalue weighted by molar-refractivity contribution is 0.882. The summed E-state index contributed by atoms with van der Waals surface area (Å²) in [5.74, 6) is 0.996. The Morgan fingerprint density at radius 3 is 2.56 bits per heavy atom. The molecule has 128 valence electrons. The number of rotatable bonds is 3. The van der Waals surface area contributed by atoms with Gasteiger partial charge in [0.1, 0.15) is 5.82 Å². The van der Waals surface area contributed by atoms with E-state index in [0.717, 1.165) is 41.4 Å². The van der Waals surface area contributed by atoms with Gasteiger partial charge in [0, 0.05) is 37.5 Å². The van der Waals surface area contributed by atoms with Crippen LogP contribution in [0.1, 0.15) is 5.56 Å². The maximum absolute atomic E-state index is 6.41. The fourth-order valence-electron chi connectivity index (χ4n) is 3.15. The van der Waals surface area contributed by atoms with Crippen molar-refractivity contribution in [3.63, 3.8) is 0 Å². The summed E-state index contributed by atoms with van der Waals surface area (Å²) in [4.78, 5) is 2.08. The van der Waals surface area contributed by atoms with Crippen molar-refractivity contribution in [3.05, 3.63) is 58.1 Å². The van der Waals surface area contributed by atoms with E-state index < -0.39 is 0 Å². The maximum Gasteiger partial charge on any atom is 0.133 e. The van der Waals surface area contributed by atoms with E-state index in [2.05, 4.69) is 34.5 Å². The average molecular weight is 373 g/mol. The normalized spacial score (nSPS) is 12.8. The summed E-state index contributed by atoms with van der Waals surface area (Å²) in [6.45, 7) is 0.897. The van der Waals surface area contributed by atoms with Crippen LogP contribution < -0.4 is 10.2 Å². The van der Waals surface area contributed by atoms with E-state index in [0.29, 0.717) is 10.0 Å². The van der Waals surface area contributed by atoms with E-state index in [4.69, 9.17) is 28.3 Å². The van der Waals surface area contributed by atoms with E-state index in [-0.39, 0.29) is 0 Å². The predicted molar refractivity (Wildman–Crippen MR) is 106 cm³/mol. The summed E-state index contributed by atoms with van der Waals surface area (Å²) < 4.78 is 1.87. The molecule has 0 saturated heterocycles. The number of nitrogens with zero attached hydrogens (tertiary/aromatic N) is 3. The second kappa shape index (κ2) is 6.28. The smallest absolute Gasteiger partial charge is 0.133 e. The van der Waals surface area contributed by atoms with Gasteiger partial charge < -0.3 is 10.2 Å². The highest BCUT2D eigenvalue weighted by Gasteiger charge is 2.25. The first-order valence-electron chi connectivity index (χ1n) is 8.14. The third-order valence-corrected chi connectivity index (χ3v) is 5.28. The Morgan fingerprint density at radius 1 is 1.08 bits per heavy atom. The Bertz CT molecular complexity index is 929. The van der Waals surface area contributed by atoms with Crippen molar-refractivity contribution in [1.82, 2.24) is 9.78 Å². The van der Waals surface area contributed by atoms with Gasteiger partial charge in [-0.2, -0.15) is 5.10 Å². The van der Waals surface area contributed by atoms with Crippen LogP contribution in [-0.2, 0) is 6.42 Å². The highest BCUT2D eigenvalue weighted by atomic mass is 35.5. The number of nitrogens with one attached hydrogen (secondary N) is 1. The average Bonchev–Trinajstić information content (AvgIpc) is 3.20. The Morgan fingerprint density at radius 2 is 1.84 bits per heavy atom. The third-order valence-electron chi connectivity index (χ3n) is 4.47. The molecule has 0 aliphatic carbocycles. The molecular formula is C19H18Cl2N4. The molecule has 1 aliphatic heterocycles. The van der Waals surface area contributed by atoms with Gasteiger partial charge in [0.05, 0.1) is 21.4 Å². The minimum atomic E-state index is 0.512. The second-order valence-electron chi connectivity index (χ2n) is 6.28. The molecule has 0 unspecified atom stereocenters. The minimum absolute atomic E-state index is 0.512. The molecule has 1 aromatic heterocycles. The van der Waals surface area contributed by atoms with Gasteiger partial charge in [0.25, 0.3) is 0 Å². The number of hydrogen-bond acceptors (Lipinski definition) is 3. The van der Waals surface area contributed by atoms with Crippen LogP contribution in [0.4, 0.5) is 11.5 Å². The van der Waals surface area contributed by atoms with Crippen molar-refractivity contribution in [2.24, 2.45) is 0 Å². The number of hydrogen-bond donors (Lipinski definition) is 1. The van der Waals surface area contributed by atoms with E-state index in [1.54, 1.807) is 6.07 Å². The van der Waals surface area contributed by atoms with Crippen molar-refractivity contribution in [3.8, 4) is 16.9 Å². The highest BCUT2D eigenvalue weighted by molar-refractivity contribution is 6.43. The zero-order valence-corrected chi connectivity index (χ0v) is 15.6. The van der Waals surface area contributed by atoms with Gasteiger partial charge in [0.2, 0.25) is 0 Å². The molecule has 0 radical (unpaired) electrons. The first-order chi connectivity index (χ1) is 12.1. The molecule has 2 heterocycles. The van der Waals surface area contributed by atoms with E-state index in [9.17, 15) is 0 Å². The molecule has 2 aromatic carbocycles. The van der Waals surface area contributed by atoms with Crippen LogP contribution in [0.25, 0.3) is 16.9 Å². The molecule has 4 nitrogen and oxygen atoms in total. The van der Waals surface area contributed by atoms with Crippen LogP contribution in [0.5, 0.6) is 0 Å². The van der Waals surface area contributed by atoms with Gasteiger partial charge in [-0.1, -0.05) is 41.4 Å². The van der Waals surface area contributed by atoms with E-state index >= 15 is 0 Å². The molecule has 0 fully saturated rings. The van der Waals surface area contributed by atoms with Crippen LogP contribution in [0, 0.1) is 0 Å². The zero-order chi connectivity index (χ0) is 17.6. The van der Waals surface area contributed by atoms with Crippen molar-refractivity contribution in [2.75, 3.05) is 30.9 Å². The first kappa shape index (κ1) is 16.3. The largest absolute Gasteiger partial charge is 0.378 e. The first-order valence-corrected chi connectivity index (χ1v) is 8.90. The number of aromatic nitrogens is 2. The predicted octanol–water partition coefficient (Wildman–Crippen LogP) is 4.88. The van der Waals surface area contributed by atoms with Gasteiger partial charge in [-0.3, -0.25) is 0 Å². The molecule has 0 amide bonds. The Kier molecular flexibility index (Phi) is 4.10. The summed E-state index contributed by atoms with van der Waals surface area (Å²) in [5.41, 5.74) is 5.25. The fraction of sp³-hybridized carbons (Fsp3) is 0.211. The van der Waals surface area contributed by atoms with Crippen LogP contribution in [0.3, 0.4) is 0 Å². The maximum atomic E-state index is 6.41. The molecule has 4 rings (SSSR count). The molecule has 1 aliphatic rings. The molecule has 0 atom stereocenters. The summed E-state index contributed by atoms with van der Waals surface area (Å²) in [7, 11) is 4.07. The topological polar surface area (TPSA) is 33.1 Å². The zero-order valence-electron chi connectivity index (χ0n) is 14.1. The second-order valence-corrected chi connectivity index (χ2v) is 7.06. The highest BCUT2D eigenvalue weighted by Crippen LogP contribution is 2.37. The molecule has 6 heteroatoms. The molecule has 1 N–H and O–H groups in total. The summed E-state index contributed by atoms with van der Waals surface area (Å²) in [5, 5.41) is 9.31. The molecule has 25 heavy (non-hydrogen) atoms. The van der Waals surface area contributed by atoms with Gasteiger partial charge >= 0.3 is 0 Å². The van der Waals surface area contributed by atoms with Crippen molar-refractivity contribution in [2.45, 2.75) is 6.42 Å². The standard InChI is InChI=1S/C19H18Cl2N4/c1-24(2)13-8-6-12(7-9-13)18-14-10-11-22-19(14)25(23-18)16-5-3-4-15(20)17(16)21/h3-9,22H,10-11H2,1-2H3. The van der Waals surface area contributed by atoms with E-state index in [1.807, 2.05) is 30.9 Å². The van der Waals surface area contributed by atoms with Crippen LogP contribution in [0.2, 0.25) is 10.0 Å². The van der Waals surface area contributed by atoms with Crippen molar-refractivity contribution in [1.29, 1.82) is 0 Å². The molecule has 3 aromatic rings. The van der Waals surface area contributed by atoms with Gasteiger partial charge in [-0.25, -0.2) is 4.68 Å². The third kappa shape index (κ3) is 2.75. The Balaban J connectivity index is 1.84. The van der Waals surface area contributed by atoms with E-state index in [1.165, 1.54) is 5.56 Å². The molecule has 0 spiro atoms. The number of halogens is 2. The van der Waals surface area contributed by atoms with Gasteiger partial charge in [0.15, 0.2) is 0 Å². The van der Waals surface area contributed by atoms with Crippen molar-refractivity contribution < 1.29 is 0 Å².